The Morgan fingerprint density at radius 1 is 1.14 bits per heavy atom. The van der Waals surface area contributed by atoms with E-state index in [9.17, 15) is 5.11 Å². The van der Waals surface area contributed by atoms with E-state index in [1.807, 2.05) is 36.7 Å². The first kappa shape index (κ1) is 14.2. The second kappa shape index (κ2) is 6.83. The predicted octanol–water partition coefficient (Wildman–Crippen LogP) is 3.34. The molecule has 3 rings (SSSR count). The number of hydrogen-bond acceptors (Lipinski definition) is 3. The average molecular weight is 282 g/mol. The highest BCUT2D eigenvalue weighted by molar-refractivity contribution is 5.22. The Labute approximate surface area is 126 Å². The molecule has 3 nitrogen and oxygen atoms in total. The van der Waals surface area contributed by atoms with Gasteiger partial charge in [-0.05, 0) is 36.6 Å². The summed E-state index contributed by atoms with van der Waals surface area (Å²) in [5.74, 6) is 0. The maximum absolute atomic E-state index is 9.94. The first-order chi connectivity index (χ1) is 10.4. The average Bonchev–Trinajstić information content (AvgIpc) is 2.58. The summed E-state index contributed by atoms with van der Waals surface area (Å²) in [6, 6.07) is 14.9. The van der Waals surface area contributed by atoms with E-state index in [2.05, 4.69) is 28.1 Å². The van der Waals surface area contributed by atoms with E-state index >= 15 is 0 Å². The van der Waals surface area contributed by atoms with Crippen LogP contribution in [0.4, 0.5) is 0 Å². The third-order valence-corrected chi connectivity index (χ3v) is 4.37. The van der Waals surface area contributed by atoms with E-state index in [-0.39, 0.29) is 12.6 Å². The van der Waals surface area contributed by atoms with Crippen LogP contribution in [0.2, 0.25) is 0 Å². The van der Waals surface area contributed by atoms with Gasteiger partial charge in [0, 0.05) is 18.4 Å². The zero-order chi connectivity index (χ0) is 14.5. The Hall–Kier alpha value is -1.71. The first-order valence-corrected chi connectivity index (χ1v) is 7.71. The van der Waals surface area contributed by atoms with Gasteiger partial charge in [0.05, 0.1) is 12.6 Å². The predicted molar refractivity (Wildman–Crippen MR) is 83.8 cm³/mol. The molecule has 0 saturated carbocycles. The number of likely N-dealkylation sites (tertiary alicyclic amines) is 1. The first-order valence-electron chi connectivity index (χ1n) is 7.71. The summed E-state index contributed by atoms with van der Waals surface area (Å²) in [5.41, 5.74) is 2.45. The van der Waals surface area contributed by atoms with Crippen LogP contribution in [0.1, 0.15) is 42.5 Å². The number of aliphatic hydroxyl groups excluding tert-OH is 1. The summed E-state index contributed by atoms with van der Waals surface area (Å²) < 4.78 is 0. The molecule has 0 aliphatic carbocycles. The number of pyridine rings is 1. The highest BCUT2D eigenvalue weighted by Crippen LogP contribution is 2.36. The normalized spacial score (nSPS) is 21.1. The molecule has 0 spiro atoms. The van der Waals surface area contributed by atoms with Gasteiger partial charge in [-0.15, -0.1) is 0 Å². The maximum atomic E-state index is 9.94. The maximum Gasteiger partial charge on any atom is 0.0628 e. The van der Waals surface area contributed by atoms with Crippen molar-refractivity contribution in [2.45, 2.75) is 31.3 Å². The second-order valence-electron chi connectivity index (χ2n) is 5.64. The van der Waals surface area contributed by atoms with E-state index in [0.29, 0.717) is 6.04 Å². The van der Waals surface area contributed by atoms with Crippen LogP contribution >= 0.6 is 0 Å². The van der Waals surface area contributed by atoms with Gasteiger partial charge in [-0.2, -0.15) is 0 Å². The topological polar surface area (TPSA) is 36.4 Å². The number of nitrogens with zero attached hydrogens (tertiary/aromatic N) is 2. The summed E-state index contributed by atoms with van der Waals surface area (Å²) >= 11 is 0. The van der Waals surface area contributed by atoms with Crippen molar-refractivity contribution in [2.75, 3.05) is 13.2 Å². The third kappa shape index (κ3) is 3.14. The van der Waals surface area contributed by atoms with Crippen LogP contribution in [0.3, 0.4) is 0 Å². The molecule has 2 atom stereocenters. The Bertz CT molecular complexity index is 502. The monoisotopic (exact) mass is 282 g/mol. The smallest absolute Gasteiger partial charge is 0.0628 e. The third-order valence-electron chi connectivity index (χ3n) is 4.37. The minimum Gasteiger partial charge on any atom is -0.394 e. The summed E-state index contributed by atoms with van der Waals surface area (Å²) in [4.78, 5) is 6.70. The van der Waals surface area contributed by atoms with Crippen LogP contribution in [-0.2, 0) is 0 Å². The van der Waals surface area contributed by atoms with Gasteiger partial charge < -0.3 is 5.11 Å². The van der Waals surface area contributed by atoms with Gasteiger partial charge in [-0.25, -0.2) is 0 Å². The number of hydrogen-bond donors (Lipinski definition) is 1. The molecule has 2 aromatic rings. The fourth-order valence-corrected chi connectivity index (χ4v) is 3.33. The minimum atomic E-state index is 0.0664. The van der Waals surface area contributed by atoms with Crippen LogP contribution in [0, 0.1) is 0 Å². The van der Waals surface area contributed by atoms with Gasteiger partial charge >= 0.3 is 0 Å². The number of rotatable bonds is 4. The van der Waals surface area contributed by atoms with Gasteiger partial charge in [-0.1, -0.05) is 42.8 Å². The van der Waals surface area contributed by atoms with Gasteiger partial charge in [-0.3, -0.25) is 9.88 Å². The van der Waals surface area contributed by atoms with Crippen molar-refractivity contribution in [1.82, 2.24) is 9.88 Å². The quantitative estimate of drug-likeness (QED) is 0.934. The number of aromatic nitrogens is 1. The molecule has 1 fully saturated rings. The van der Waals surface area contributed by atoms with Gasteiger partial charge in [0.1, 0.15) is 0 Å². The molecule has 0 amide bonds. The van der Waals surface area contributed by atoms with Gasteiger partial charge in [0.15, 0.2) is 0 Å². The summed E-state index contributed by atoms with van der Waals surface area (Å²) in [6.07, 6.45) is 7.35. The van der Waals surface area contributed by atoms with E-state index in [1.54, 1.807) is 0 Å². The molecule has 3 heteroatoms. The molecule has 0 unspecified atom stereocenters. The van der Waals surface area contributed by atoms with E-state index in [0.717, 1.165) is 13.0 Å². The highest BCUT2D eigenvalue weighted by atomic mass is 16.3. The molecule has 2 heterocycles. The molecule has 1 saturated heterocycles. The number of benzene rings is 1. The molecule has 1 aliphatic heterocycles. The lowest BCUT2D eigenvalue weighted by molar-refractivity contribution is 0.0557. The highest BCUT2D eigenvalue weighted by Gasteiger charge is 2.30. The molecule has 110 valence electrons. The van der Waals surface area contributed by atoms with Crippen LogP contribution in [0.5, 0.6) is 0 Å². The molecule has 1 N–H and O–H groups in total. The Morgan fingerprint density at radius 3 is 2.71 bits per heavy atom. The van der Waals surface area contributed by atoms with Crippen molar-refractivity contribution in [3.8, 4) is 0 Å². The molecule has 21 heavy (non-hydrogen) atoms. The van der Waals surface area contributed by atoms with Gasteiger partial charge in [0.2, 0.25) is 0 Å². The van der Waals surface area contributed by atoms with E-state index < -0.39 is 0 Å². The summed E-state index contributed by atoms with van der Waals surface area (Å²) in [7, 11) is 0. The molecular formula is C18H22N2O. The Morgan fingerprint density at radius 2 is 2.00 bits per heavy atom. The lowest BCUT2D eigenvalue weighted by Crippen LogP contribution is -2.38. The van der Waals surface area contributed by atoms with Crippen LogP contribution in [0.15, 0.2) is 54.9 Å². The van der Waals surface area contributed by atoms with Crippen molar-refractivity contribution in [3.63, 3.8) is 0 Å². The summed E-state index contributed by atoms with van der Waals surface area (Å²) in [6.45, 7) is 1.18. The standard InChI is InChI=1S/C18H22N2O/c21-14-18(15-7-2-1-3-8-15)20-12-5-4-10-17(20)16-9-6-11-19-13-16/h1-3,6-9,11,13,17-18,21H,4-5,10,12,14H2/t17-,18-/m0/s1. The zero-order valence-corrected chi connectivity index (χ0v) is 12.2. The zero-order valence-electron chi connectivity index (χ0n) is 12.2. The number of piperidine rings is 1. The van der Waals surface area contributed by atoms with Crippen LogP contribution in [0.25, 0.3) is 0 Å². The second-order valence-corrected chi connectivity index (χ2v) is 5.64. The van der Waals surface area contributed by atoms with Crippen molar-refractivity contribution in [2.24, 2.45) is 0 Å². The molecule has 0 radical (unpaired) electrons. The van der Waals surface area contributed by atoms with E-state index in [4.69, 9.17) is 0 Å². The molecular weight excluding hydrogens is 260 g/mol. The fourth-order valence-electron chi connectivity index (χ4n) is 3.33. The Kier molecular flexibility index (Phi) is 4.63. The van der Waals surface area contributed by atoms with Crippen molar-refractivity contribution >= 4 is 0 Å². The molecule has 1 aliphatic rings. The van der Waals surface area contributed by atoms with Crippen molar-refractivity contribution in [1.29, 1.82) is 0 Å². The fraction of sp³-hybridized carbons (Fsp3) is 0.389. The molecule has 0 bridgehead atoms. The van der Waals surface area contributed by atoms with Gasteiger partial charge in [0.25, 0.3) is 0 Å². The van der Waals surface area contributed by atoms with Crippen molar-refractivity contribution in [3.05, 3.63) is 66.0 Å². The van der Waals surface area contributed by atoms with E-state index in [1.165, 1.54) is 24.0 Å². The summed E-state index contributed by atoms with van der Waals surface area (Å²) in [5, 5.41) is 9.94. The lowest BCUT2D eigenvalue weighted by Gasteiger charge is -2.41. The number of aliphatic hydroxyl groups is 1. The van der Waals surface area contributed by atoms with Crippen LogP contribution in [-0.4, -0.2) is 28.1 Å². The molecule has 1 aromatic carbocycles. The SMILES string of the molecule is OC[C@@H](c1ccccc1)N1CCCC[C@H]1c1cccnc1. The Balaban J connectivity index is 1.89. The molecule has 1 aromatic heterocycles. The lowest BCUT2D eigenvalue weighted by atomic mass is 9.92. The minimum absolute atomic E-state index is 0.0664. The van der Waals surface area contributed by atoms with Crippen LogP contribution < -0.4 is 0 Å². The largest absolute Gasteiger partial charge is 0.394 e. The van der Waals surface area contributed by atoms with Crippen molar-refractivity contribution < 1.29 is 5.11 Å².